The summed E-state index contributed by atoms with van der Waals surface area (Å²) in [6.07, 6.45) is 0.427. The SMILES string of the molecule is CCC(=O)Nc1ccc(NC(=O)c2c(C)oc(C)c2C)cc1. The normalized spacial score (nSPS) is 10.4. The third-order valence-corrected chi connectivity index (χ3v) is 3.54. The van der Waals surface area contributed by atoms with Crippen molar-refractivity contribution in [3.8, 4) is 0 Å². The molecule has 0 radical (unpaired) electrons. The number of furan rings is 1. The maximum atomic E-state index is 12.3. The molecule has 1 aromatic carbocycles. The first-order valence-corrected chi connectivity index (χ1v) is 7.20. The highest BCUT2D eigenvalue weighted by Crippen LogP contribution is 2.22. The number of benzene rings is 1. The first kappa shape index (κ1) is 15.8. The quantitative estimate of drug-likeness (QED) is 0.902. The molecular formula is C17H20N2O3. The first-order valence-electron chi connectivity index (χ1n) is 7.20. The van der Waals surface area contributed by atoms with Gasteiger partial charge in [0.25, 0.3) is 5.91 Å². The van der Waals surface area contributed by atoms with Gasteiger partial charge in [-0.15, -0.1) is 0 Å². The molecule has 0 aliphatic heterocycles. The number of aryl methyl sites for hydroxylation is 2. The minimum absolute atomic E-state index is 0.0445. The molecule has 0 bridgehead atoms. The molecule has 1 aromatic heterocycles. The summed E-state index contributed by atoms with van der Waals surface area (Å²) in [6.45, 7) is 7.27. The van der Waals surface area contributed by atoms with Crippen molar-refractivity contribution in [3.05, 3.63) is 46.9 Å². The van der Waals surface area contributed by atoms with Crippen molar-refractivity contribution in [3.63, 3.8) is 0 Å². The third kappa shape index (κ3) is 3.36. The maximum absolute atomic E-state index is 12.3. The van der Waals surface area contributed by atoms with Crippen LogP contribution in [0.5, 0.6) is 0 Å². The van der Waals surface area contributed by atoms with Crippen LogP contribution in [0, 0.1) is 20.8 Å². The first-order chi connectivity index (χ1) is 10.4. The molecule has 2 rings (SSSR count). The molecule has 0 aliphatic rings. The van der Waals surface area contributed by atoms with Crippen LogP contribution in [0.4, 0.5) is 11.4 Å². The Labute approximate surface area is 129 Å². The van der Waals surface area contributed by atoms with Gasteiger partial charge in [0.05, 0.1) is 5.56 Å². The lowest BCUT2D eigenvalue weighted by Gasteiger charge is -2.07. The molecule has 2 N–H and O–H groups in total. The summed E-state index contributed by atoms with van der Waals surface area (Å²) in [6, 6.07) is 7.01. The second-order valence-corrected chi connectivity index (χ2v) is 5.15. The third-order valence-electron chi connectivity index (χ3n) is 3.54. The molecule has 0 fully saturated rings. The van der Waals surface area contributed by atoms with Gasteiger partial charge in [-0.3, -0.25) is 9.59 Å². The zero-order valence-electron chi connectivity index (χ0n) is 13.2. The number of hydrogen-bond donors (Lipinski definition) is 2. The van der Waals surface area contributed by atoms with Crippen molar-refractivity contribution < 1.29 is 14.0 Å². The Hall–Kier alpha value is -2.56. The van der Waals surface area contributed by atoms with E-state index >= 15 is 0 Å². The van der Waals surface area contributed by atoms with Gasteiger partial charge >= 0.3 is 0 Å². The molecule has 116 valence electrons. The number of rotatable bonds is 4. The van der Waals surface area contributed by atoms with Crippen LogP contribution in [-0.2, 0) is 4.79 Å². The standard InChI is InChI=1S/C17H20N2O3/c1-5-15(20)18-13-6-8-14(9-7-13)19-17(21)16-10(2)11(3)22-12(16)4/h6-9H,5H2,1-4H3,(H,18,20)(H,19,21). The second kappa shape index (κ2) is 6.47. The molecule has 0 atom stereocenters. The molecule has 0 unspecified atom stereocenters. The van der Waals surface area contributed by atoms with E-state index in [-0.39, 0.29) is 11.8 Å². The maximum Gasteiger partial charge on any atom is 0.259 e. The molecule has 1 heterocycles. The van der Waals surface area contributed by atoms with Crippen molar-refractivity contribution in [1.82, 2.24) is 0 Å². The van der Waals surface area contributed by atoms with Crippen LogP contribution >= 0.6 is 0 Å². The van der Waals surface area contributed by atoms with E-state index in [4.69, 9.17) is 4.42 Å². The zero-order chi connectivity index (χ0) is 16.3. The molecule has 2 aromatic rings. The fraction of sp³-hybridized carbons (Fsp3) is 0.294. The summed E-state index contributed by atoms with van der Waals surface area (Å²) >= 11 is 0. The molecule has 22 heavy (non-hydrogen) atoms. The Balaban J connectivity index is 2.10. The van der Waals surface area contributed by atoms with Crippen LogP contribution in [0.25, 0.3) is 0 Å². The smallest absolute Gasteiger partial charge is 0.259 e. The van der Waals surface area contributed by atoms with Crippen LogP contribution in [-0.4, -0.2) is 11.8 Å². The van der Waals surface area contributed by atoms with Crippen LogP contribution in [0.2, 0.25) is 0 Å². The van der Waals surface area contributed by atoms with Crippen molar-refractivity contribution in [2.45, 2.75) is 34.1 Å². The van der Waals surface area contributed by atoms with Crippen LogP contribution in [0.1, 0.15) is 40.8 Å². The highest BCUT2D eigenvalue weighted by atomic mass is 16.3. The molecule has 0 saturated carbocycles. The van der Waals surface area contributed by atoms with E-state index in [0.717, 1.165) is 11.3 Å². The average Bonchev–Trinajstić information content (AvgIpc) is 2.74. The fourth-order valence-corrected chi connectivity index (χ4v) is 2.21. The van der Waals surface area contributed by atoms with E-state index in [9.17, 15) is 9.59 Å². The summed E-state index contributed by atoms with van der Waals surface area (Å²) in [5.41, 5.74) is 2.79. The highest BCUT2D eigenvalue weighted by Gasteiger charge is 2.18. The summed E-state index contributed by atoms with van der Waals surface area (Å²) < 4.78 is 5.47. The van der Waals surface area contributed by atoms with Crippen LogP contribution < -0.4 is 10.6 Å². The topological polar surface area (TPSA) is 71.3 Å². The largest absolute Gasteiger partial charge is 0.466 e. The lowest BCUT2D eigenvalue weighted by Crippen LogP contribution is -2.14. The van der Waals surface area contributed by atoms with Crippen molar-refractivity contribution in [1.29, 1.82) is 0 Å². The van der Waals surface area contributed by atoms with Gasteiger partial charge in [-0.2, -0.15) is 0 Å². The Kier molecular flexibility index (Phi) is 4.65. The summed E-state index contributed by atoms with van der Waals surface area (Å²) in [4.78, 5) is 23.7. The summed E-state index contributed by atoms with van der Waals surface area (Å²) in [5, 5.41) is 5.59. The minimum atomic E-state index is -0.197. The van der Waals surface area contributed by atoms with Crippen molar-refractivity contribution >= 4 is 23.2 Å². The molecular weight excluding hydrogens is 280 g/mol. The number of carbonyl (C=O) groups is 2. The molecule has 0 aliphatic carbocycles. The van der Waals surface area contributed by atoms with Gasteiger partial charge in [-0.25, -0.2) is 0 Å². The van der Waals surface area contributed by atoms with Crippen molar-refractivity contribution in [2.75, 3.05) is 10.6 Å². The molecule has 0 saturated heterocycles. The second-order valence-electron chi connectivity index (χ2n) is 5.15. The van der Waals surface area contributed by atoms with E-state index in [2.05, 4.69) is 10.6 Å². The van der Waals surface area contributed by atoms with E-state index in [1.807, 2.05) is 13.8 Å². The monoisotopic (exact) mass is 300 g/mol. The Morgan fingerprint density at radius 2 is 1.50 bits per heavy atom. The number of nitrogens with one attached hydrogen (secondary N) is 2. The molecule has 0 spiro atoms. The summed E-state index contributed by atoms with van der Waals surface area (Å²) in [5.74, 6) is 1.12. The number of anilines is 2. The Bertz CT molecular complexity index is 699. The van der Waals surface area contributed by atoms with Gasteiger partial charge in [0.1, 0.15) is 11.5 Å². The summed E-state index contributed by atoms with van der Waals surface area (Å²) in [7, 11) is 0. The zero-order valence-corrected chi connectivity index (χ0v) is 13.2. The van der Waals surface area contributed by atoms with Gasteiger partial charge in [-0.1, -0.05) is 6.92 Å². The van der Waals surface area contributed by atoms with Gasteiger partial charge < -0.3 is 15.1 Å². The van der Waals surface area contributed by atoms with E-state index < -0.39 is 0 Å². The van der Waals surface area contributed by atoms with Crippen LogP contribution in [0.15, 0.2) is 28.7 Å². The van der Waals surface area contributed by atoms with Gasteiger partial charge in [-0.05, 0) is 45.0 Å². The number of amides is 2. The minimum Gasteiger partial charge on any atom is -0.466 e. The number of hydrogen-bond acceptors (Lipinski definition) is 3. The molecule has 2 amide bonds. The molecule has 5 nitrogen and oxygen atoms in total. The van der Waals surface area contributed by atoms with Crippen molar-refractivity contribution in [2.24, 2.45) is 0 Å². The average molecular weight is 300 g/mol. The van der Waals surface area contributed by atoms with E-state index in [1.54, 1.807) is 38.1 Å². The van der Waals surface area contributed by atoms with Crippen LogP contribution in [0.3, 0.4) is 0 Å². The van der Waals surface area contributed by atoms with E-state index in [0.29, 0.717) is 29.1 Å². The predicted molar refractivity (Wildman–Crippen MR) is 86.2 cm³/mol. The highest BCUT2D eigenvalue weighted by molar-refractivity contribution is 6.06. The van der Waals surface area contributed by atoms with Gasteiger partial charge in [0, 0.05) is 23.4 Å². The van der Waals surface area contributed by atoms with E-state index in [1.165, 1.54) is 0 Å². The Morgan fingerprint density at radius 1 is 0.955 bits per heavy atom. The van der Waals surface area contributed by atoms with Gasteiger partial charge in [0.15, 0.2) is 0 Å². The predicted octanol–water partition coefficient (Wildman–Crippen LogP) is 3.81. The number of carbonyl (C=O) groups excluding carboxylic acids is 2. The molecule has 5 heteroatoms. The lowest BCUT2D eigenvalue weighted by molar-refractivity contribution is -0.115. The fourth-order valence-electron chi connectivity index (χ4n) is 2.21. The lowest BCUT2D eigenvalue weighted by atomic mass is 10.1. The Morgan fingerprint density at radius 3 is 1.95 bits per heavy atom. The van der Waals surface area contributed by atoms with Gasteiger partial charge in [0.2, 0.25) is 5.91 Å².